The summed E-state index contributed by atoms with van der Waals surface area (Å²) in [4.78, 5) is 35.2. The number of thioether (sulfide) groups is 1. The van der Waals surface area contributed by atoms with Gasteiger partial charge in [0.15, 0.2) is 0 Å². The van der Waals surface area contributed by atoms with E-state index in [4.69, 9.17) is 0 Å². The van der Waals surface area contributed by atoms with Crippen LogP contribution in [0.4, 0.5) is 5.69 Å². The van der Waals surface area contributed by atoms with Gasteiger partial charge in [0, 0.05) is 18.1 Å². The van der Waals surface area contributed by atoms with E-state index in [1.165, 1.54) is 16.7 Å². The number of aryl methyl sites for hydroxylation is 2. The Morgan fingerprint density at radius 3 is 2.59 bits per heavy atom. The fourth-order valence-corrected chi connectivity index (χ4v) is 3.96. The summed E-state index contributed by atoms with van der Waals surface area (Å²) in [7, 11) is 1.64. The molecule has 2 amide bonds. The number of aromatic nitrogens is 2. The van der Waals surface area contributed by atoms with Gasteiger partial charge in [-0.3, -0.25) is 9.59 Å². The molecule has 0 aliphatic carbocycles. The first kappa shape index (κ1) is 20.8. The highest BCUT2D eigenvalue weighted by Crippen LogP contribution is 2.25. The molecule has 2 aromatic carbocycles. The Hall–Kier alpha value is -2.93. The number of carbonyl (C=O) groups is 2. The number of nitrogens with one attached hydrogen (secondary N) is 1. The van der Waals surface area contributed by atoms with E-state index in [1.807, 2.05) is 62.4 Å². The Morgan fingerprint density at radius 2 is 1.79 bits per heavy atom. The number of hydrogen-bond acceptors (Lipinski definition) is 5. The number of anilines is 1. The summed E-state index contributed by atoms with van der Waals surface area (Å²) in [5.74, 6) is 0.529. The Bertz CT molecular complexity index is 1040. The molecule has 0 saturated heterocycles. The summed E-state index contributed by atoms with van der Waals surface area (Å²) in [6, 6.07) is 15.4. The van der Waals surface area contributed by atoms with Crippen molar-refractivity contribution in [1.29, 1.82) is 0 Å². The van der Waals surface area contributed by atoms with Crippen LogP contribution in [0.15, 0.2) is 53.6 Å². The molecule has 3 rings (SSSR count). The number of para-hydroxylation sites is 2. The number of likely N-dealkylation sites (N-methyl/N-ethyl adjacent to an activating group) is 1. The van der Waals surface area contributed by atoms with Gasteiger partial charge >= 0.3 is 0 Å². The third-order valence-electron chi connectivity index (χ3n) is 4.49. The van der Waals surface area contributed by atoms with Crippen molar-refractivity contribution in [3.8, 4) is 0 Å². The molecule has 0 atom stereocenters. The fourth-order valence-electron chi connectivity index (χ4n) is 2.95. The van der Waals surface area contributed by atoms with Gasteiger partial charge in [-0.1, -0.05) is 55.1 Å². The number of benzene rings is 2. The van der Waals surface area contributed by atoms with E-state index in [9.17, 15) is 9.59 Å². The van der Waals surface area contributed by atoms with E-state index in [-0.39, 0.29) is 24.1 Å². The molecule has 0 saturated carbocycles. The first-order valence-corrected chi connectivity index (χ1v) is 10.4. The molecule has 1 N–H and O–H groups in total. The molecule has 0 aliphatic heterocycles. The summed E-state index contributed by atoms with van der Waals surface area (Å²) >= 11 is 1.36. The molecule has 1 heterocycles. The second-order valence-electron chi connectivity index (χ2n) is 6.69. The number of nitrogens with zero attached hydrogens (tertiary/aromatic N) is 3. The van der Waals surface area contributed by atoms with E-state index >= 15 is 0 Å². The van der Waals surface area contributed by atoms with Gasteiger partial charge < -0.3 is 10.2 Å². The van der Waals surface area contributed by atoms with Crippen molar-refractivity contribution in [2.75, 3.05) is 24.7 Å². The summed E-state index contributed by atoms with van der Waals surface area (Å²) < 4.78 is 0. The van der Waals surface area contributed by atoms with Crippen LogP contribution < -0.4 is 5.32 Å². The molecule has 150 valence electrons. The van der Waals surface area contributed by atoms with Crippen molar-refractivity contribution in [2.24, 2.45) is 0 Å². The molecule has 0 unspecified atom stereocenters. The van der Waals surface area contributed by atoms with Gasteiger partial charge in [-0.05, 0) is 31.0 Å². The molecule has 6 nitrogen and oxygen atoms in total. The molecule has 0 fully saturated rings. The lowest BCUT2D eigenvalue weighted by molar-refractivity contribution is -0.131. The maximum atomic E-state index is 12.5. The van der Waals surface area contributed by atoms with E-state index in [2.05, 4.69) is 15.3 Å². The average molecular weight is 409 g/mol. The third kappa shape index (κ3) is 5.32. The van der Waals surface area contributed by atoms with Crippen molar-refractivity contribution in [3.05, 3.63) is 59.9 Å². The molecular formula is C22H24N4O2S. The Labute approximate surface area is 174 Å². The Kier molecular flexibility index (Phi) is 6.82. The van der Waals surface area contributed by atoms with Crippen molar-refractivity contribution >= 4 is 40.2 Å². The topological polar surface area (TPSA) is 75.2 Å². The van der Waals surface area contributed by atoms with Crippen molar-refractivity contribution in [3.63, 3.8) is 0 Å². The van der Waals surface area contributed by atoms with Crippen LogP contribution in [-0.4, -0.2) is 46.0 Å². The highest BCUT2D eigenvalue weighted by molar-refractivity contribution is 8.00. The van der Waals surface area contributed by atoms with Gasteiger partial charge in [0.05, 0.1) is 17.8 Å². The van der Waals surface area contributed by atoms with Crippen LogP contribution in [0, 0.1) is 6.92 Å². The predicted octanol–water partition coefficient (Wildman–Crippen LogP) is 3.69. The van der Waals surface area contributed by atoms with Crippen LogP contribution in [0.3, 0.4) is 0 Å². The lowest BCUT2D eigenvalue weighted by Gasteiger charge is -2.17. The zero-order valence-corrected chi connectivity index (χ0v) is 17.6. The molecule has 0 aliphatic rings. The minimum atomic E-state index is -0.213. The van der Waals surface area contributed by atoms with E-state index in [0.29, 0.717) is 5.82 Å². The number of carbonyl (C=O) groups excluding carboxylic acids is 2. The molecule has 0 bridgehead atoms. The van der Waals surface area contributed by atoms with Gasteiger partial charge in [-0.2, -0.15) is 0 Å². The quantitative estimate of drug-likeness (QED) is 0.477. The average Bonchev–Trinajstić information content (AvgIpc) is 2.71. The maximum absolute atomic E-state index is 12.5. The molecule has 3 aromatic rings. The van der Waals surface area contributed by atoms with Crippen LogP contribution in [0.25, 0.3) is 10.9 Å². The lowest BCUT2D eigenvalue weighted by Crippen LogP contribution is -2.36. The van der Waals surface area contributed by atoms with Crippen LogP contribution in [0.1, 0.15) is 18.3 Å². The van der Waals surface area contributed by atoms with Crippen molar-refractivity contribution < 1.29 is 9.59 Å². The minimum absolute atomic E-state index is 0.000983. The standard InChI is InChI=1S/C22H24N4O2S/c1-4-16-9-5-7-11-18(16)25-20(27)13-26(3)21(28)14-29-22-17-10-6-8-12-19(17)23-15(2)24-22/h5-12H,4,13-14H2,1-3H3,(H,25,27). The van der Waals surface area contributed by atoms with Crippen LogP contribution in [-0.2, 0) is 16.0 Å². The Balaban J connectivity index is 1.59. The van der Waals surface area contributed by atoms with Gasteiger partial charge in [0.1, 0.15) is 10.9 Å². The molecule has 0 radical (unpaired) electrons. The van der Waals surface area contributed by atoms with E-state index in [0.717, 1.165) is 33.6 Å². The molecule has 0 spiro atoms. The zero-order valence-electron chi connectivity index (χ0n) is 16.8. The smallest absolute Gasteiger partial charge is 0.243 e. The number of amides is 2. The molecular weight excluding hydrogens is 384 g/mol. The van der Waals surface area contributed by atoms with Crippen molar-refractivity contribution in [1.82, 2.24) is 14.9 Å². The van der Waals surface area contributed by atoms with E-state index < -0.39 is 0 Å². The minimum Gasteiger partial charge on any atom is -0.336 e. The van der Waals surface area contributed by atoms with Crippen LogP contribution in [0.5, 0.6) is 0 Å². The van der Waals surface area contributed by atoms with Gasteiger partial charge in [0.25, 0.3) is 0 Å². The monoisotopic (exact) mass is 408 g/mol. The highest BCUT2D eigenvalue weighted by Gasteiger charge is 2.16. The summed E-state index contributed by atoms with van der Waals surface area (Å²) in [6.45, 7) is 3.88. The lowest BCUT2D eigenvalue weighted by atomic mass is 10.1. The summed E-state index contributed by atoms with van der Waals surface area (Å²) in [5, 5.41) is 4.59. The first-order valence-electron chi connectivity index (χ1n) is 9.45. The Morgan fingerprint density at radius 1 is 1.07 bits per heavy atom. The summed E-state index contributed by atoms with van der Waals surface area (Å²) in [5.41, 5.74) is 2.71. The zero-order chi connectivity index (χ0) is 20.8. The van der Waals surface area contributed by atoms with Gasteiger partial charge in [0.2, 0.25) is 11.8 Å². The number of rotatable bonds is 7. The largest absolute Gasteiger partial charge is 0.336 e. The number of hydrogen-bond donors (Lipinski definition) is 1. The highest BCUT2D eigenvalue weighted by atomic mass is 32.2. The van der Waals surface area contributed by atoms with Gasteiger partial charge in [-0.15, -0.1) is 0 Å². The fraction of sp³-hybridized carbons (Fsp3) is 0.273. The van der Waals surface area contributed by atoms with Crippen molar-refractivity contribution in [2.45, 2.75) is 25.3 Å². The van der Waals surface area contributed by atoms with Crippen LogP contribution >= 0.6 is 11.8 Å². The first-order chi connectivity index (χ1) is 14.0. The normalized spacial score (nSPS) is 10.7. The maximum Gasteiger partial charge on any atom is 0.243 e. The number of fused-ring (bicyclic) bond motifs is 1. The van der Waals surface area contributed by atoms with Crippen LogP contribution in [0.2, 0.25) is 0 Å². The van der Waals surface area contributed by atoms with Gasteiger partial charge in [-0.25, -0.2) is 9.97 Å². The second kappa shape index (κ2) is 9.52. The molecule has 1 aromatic heterocycles. The second-order valence-corrected chi connectivity index (χ2v) is 7.65. The third-order valence-corrected chi connectivity index (χ3v) is 5.47. The molecule has 7 heteroatoms. The predicted molar refractivity (Wildman–Crippen MR) is 117 cm³/mol. The summed E-state index contributed by atoms with van der Waals surface area (Å²) in [6.07, 6.45) is 0.828. The molecule has 29 heavy (non-hydrogen) atoms. The SMILES string of the molecule is CCc1ccccc1NC(=O)CN(C)C(=O)CSc1nc(C)nc2ccccc12. The van der Waals surface area contributed by atoms with E-state index in [1.54, 1.807) is 7.05 Å².